The minimum Gasteiger partial charge on any atom is -0.508 e. The fourth-order valence-electron chi connectivity index (χ4n) is 2.94. The summed E-state index contributed by atoms with van der Waals surface area (Å²) in [5.74, 6) is 0.367. The first-order chi connectivity index (χ1) is 11.8. The molecule has 1 atom stereocenters. The van der Waals surface area contributed by atoms with E-state index in [4.69, 9.17) is 4.74 Å². The number of rotatable bonds is 11. The molecule has 0 spiro atoms. The lowest BCUT2D eigenvalue weighted by Gasteiger charge is -2.14. The van der Waals surface area contributed by atoms with Crippen LogP contribution in [0.2, 0.25) is 0 Å². The molecule has 0 aliphatic heterocycles. The second-order valence-corrected chi connectivity index (χ2v) is 6.52. The Balaban J connectivity index is 1.47. The van der Waals surface area contributed by atoms with Crippen LogP contribution in [-0.4, -0.2) is 17.8 Å². The van der Waals surface area contributed by atoms with Crippen LogP contribution < -0.4 is 0 Å². The lowest BCUT2D eigenvalue weighted by molar-refractivity contribution is 0.0631. The van der Waals surface area contributed by atoms with Crippen molar-refractivity contribution in [1.29, 1.82) is 0 Å². The quantitative estimate of drug-likeness (QED) is 0.550. The first-order valence-electron chi connectivity index (χ1n) is 9.18. The van der Waals surface area contributed by atoms with Crippen LogP contribution in [0.15, 0.2) is 54.6 Å². The monoisotopic (exact) mass is 326 g/mol. The molecule has 0 aliphatic rings. The molecule has 1 unspecified atom stereocenters. The minimum absolute atomic E-state index is 0.149. The van der Waals surface area contributed by atoms with E-state index in [1.807, 2.05) is 18.2 Å². The van der Waals surface area contributed by atoms with Crippen molar-refractivity contribution in [2.75, 3.05) is 6.61 Å². The highest BCUT2D eigenvalue weighted by Crippen LogP contribution is 2.18. The summed E-state index contributed by atoms with van der Waals surface area (Å²) in [6.45, 7) is 2.89. The van der Waals surface area contributed by atoms with E-state index in [0.29, 0.717) is 5.75 Å². The number of para-hydroxylation sites is 1. The van der Waals surface area contributed by atoms with E-state index in [1.54, 1.807) is 6.07 Å². The third-order valence-corrected chi connectivity index (χ3v) is 4.35. The highest BCUT2D eigenvalue weighted by atomic mass is 16.5. The second kappa shape index (κ2) is 10.9. The molecule has 24 heavy (non-hydrogen) atoms. The third-order valence-electron chi connectivity index (χ3n) is 4.35. The van der Waals surface area contributed by atoms with E-state index in [0.717, 1.165) is 25.0 Å². The zero-order chi connectivity index (χ0) is 17.0. The number of aromatic hydroxyl groups is 1. The average molecular weight is 326 g/mol. The topological polar surface area (TPSA) is 29.5 Å². The van der Waals surface area contributed by atoms with E-state index in [2.05, 4.69) is 37.3 Å². The summed E-state index contributed by atoms with van der Waals surface area (Å²) in [5, 5.41) is 9.78. The Hall–Kier alpha value is -1.80. The van der Waals surface area contributed by atoms with Crippen molar-refractivity contribution >= 4 is 0 Å². The van der Waals surface area contributed by atoms with Crippen molar-refractivity contribution in [1.82, 2.24) is 0 Å². The molecule has 2 nitrogen and oxygen atoms in total. The summed E-state index contributed by atoms with van der Waals surface area (Å²) < 4.78 is 5.87. The van der Waals surface area contributed by atoms with Crippen LogP contribution in [0.3, 0.4) is 0 Å². The van der Waals surface area contributed by atoms with E-state index in [9.17, 15) is 5.11 Å². The van der Waals surface area contributed by atoms with Crippen molar-refractivity contribution in [2.24, 2.45) is 0 Å². The smallest absolute Gasteiger partial charge is 0.118 e. The molecule has 0 aromatic heterocycles. The zero-order valence-electron chi connectivity index (χ0n) is 14.8. The Bertz CT molecular complexity index is 565. The number of hydrogen-bond donors (Lipinski definition) is 1. The standard InChI is InChI=1S/C22H30O2/c1-19(18-21-15-9-10-16-22(21)23)24-17-11-4-2-3-6-12-20-13-7-5-8-14-20/h5,7-10,13-16,19,23H,2-4,6,11-12,17-18H2,1H3. The molecule has 2 aromatic carbocycles. The molecule has 130 valence electrons. The largest absolute Gasteiger partial charge is 0.508 e. The van der Waals surface area contributed by atoms with Crippen molar-refractivity contribution in [3.05, 3.63) is 65.7 Å². The molecule has 0 amide bonds. The van der Waals surface area contributed by atoms with Gasteiger partial charge in [-0.3, -0.25) is 0 Å². The van der Waals surface area contributed by atoms with Crippen molar-refractivity contribution in [2.45, 2.75) is 58.0 Å². The summed E-state index contributed by atoms with van der Waals surface area (Å²) >= 11 is 0. The van der Waals surface area contributed by atoms with Gasteiger partial charge >= 0.3 is 0 Å². The van der Waals surface area contributed by atoms with Gasteiger partial charge in [-0.05, 0) is 43.4 Å². The summed E-state index contributed by atoms with van der Waals surface area (Å²) in [5.41, 5.74) is 2.41. The predicted molar refractivity (Wildman–Crippen MR) is 100 cm³/mol. The highest BCUT2D eigenvalue weighted by molar-refractivity contribution is 5.32. The Morgan fingerprint density at radius 2 is 1.50 bits per heavy atom. The van der Waals surface area contributed by atoms with Crippen LogP contribution in [0.1, 0.15) is 50.2 Å². The van der Waals surface area contributed by atoms with Crippen LogP contribution in [0.25, 0.3) is 0 Å². The van der Waals surface area contributed by atoms with Crippen LogP contribution in [0.5, 0.6) is 5.75 Å². The molecule has 2 aromatic rings. The Kier molecular flexibility index (Phi) is 8.40. The van der Waals surface area contributed by atoms with Crippen LogP contribution in [0, 0.1) is 0 Å². The molecule has 0 aliphatic carbocycles. The molecule has 0 saturated heterocycles. The number of benzene rings is 2. The first kappa shape index (κ1) is 18.5. The van der Waals surface area contributed by atoms with Gasteiger partial charge in [0.2, 0.25) is 0 Å². The summed E-state index contributed by atoms with van der Waals surface area (Å²) in [6.07, 6.45) is 8.31. The van der Waals surface area contributed by atoms with Gasteiger partial charge in [-0.1, -0.05) is 67.8 Å². The van der Waals surface area contributed by atoms with Gasteiger partial charge in [0.15, 0.2) is 0 Å². The molecule has 0 bridgehead atoms. The molecule has 2 rings (SSSR count). The van der Waals surface area contributed by atoms with Crippen LogP contribution in [-0.2, 0) is 17.6 Å². The molecule has 0 heterocycles. The van der Waals surface area contributed by atoms with Gasteiger partial charge in [0.25, 0.3) is 0 Å². The summed E-state index contributed by atoms with van der Waals surface area (Å²) in [7, 11) is 0. The van der Waals surface area contributed by atoms with Crippen molar-refractivity contribution < 1.29 is 9.84 Å². The molecule has 2 heteroatoms. The van der Waals surface area contributed by atoms with E-state index >= 15 is 0 Å². The molecule has 0 fully saturated rings. The molecule has 0 saturated carbocycles. The number of phenolic OH excluding ortho intramolecular Hbond substituents is 1. The van der Waals surface area contributed by atoms with Crippen LogP contribution >= 0.6 is 0 Å². The second-order valence-electron chi connectivity index (χ2n) is 6.52. The van der Waals surface area contributed by atoms with Crippen molar-refractivity contribution in [3.8, 4) is 5.75 Å². The number of aryl methyl sites for hydroxylation is 1. The molecule has 1 N–H and O–H groups in total. The lowest BCUT2D eigenvalue weighted by atomic mass is 10.1. The minimum atomic E-state index is 0.149. The molecule has 0 radical (unpaired) electrons. The normalized spacial score (nSPS) is 12.2. The van der Waals surface area contributed by atoms with Gasteiger partial charge in [-0.25, -0.2) is 0 Å². The van der Waals surface area contributed by atoms with E-state index < -0.39 is 0 Å². The first-order valence-corrected chi connectivity index (χ1v) is 9.18. The van der Waals surface area contributed by atoms with Gasteiger partial charge in [0, 0.05) is 13.0 Å². The van der Waals surface area contributed by atoms with Crippen molar-refractivity contribution in [3.63, 3.8) is 0 Å². The SMILES string of the molecule is CC(Cc1ccccc1O)OCCCCCCCc1ccccc1. The fraction of sp³-hybridized carbons (Fsp3) is 0.455. The van der Waals surface area contributed by atoms with Gasteiger partial charge in [-0.15, -0.1) is 0 Å². The van der Waals surface area contributed by atoms with Crippen LogP contribution in [0.4, 0.5) is 0 Å². The lowest BCUT2D eigenvalue weighted by Crippen LogP contribution is -2.12. The number of ether oxygens (including phenoxy) is 1. The highest BCUT2D eigenvalue weighted by Gasteiger charge is 2.07. The van der Waals surface area contributed by atoms with Gasteiger partial charge in [-0.2, -0.15) is 0 Å². The average Bonchev–Trinajstić information content (AvgIpc) is 2.60. The Morgan fingerprint density at radius 3 is 2.29 bits per heavy atom. The third kappa shape index (κ3) is 7.18. The van der Waals surface area contributed by atoms with E-state index in [-0.39, 0.29) is 6.10 Å². The van der Waals surface area contributed by atoms with Gasteiger partial charge in [0.1, 0.15) is 5.75 Å². The Labute approximate surface area is 146 Å². The number of unbranched alkanes of at least 4 members (excludes halogenated alkanes) is 4. The number of phenols is 1. The predicted octanol–water partition coefficient (Wildman–Crippen LogP) is 5.53. The fourth-order valence-corrected chi connectivity index (χ4v) is 2.94. The summed E-state index contributed by atoms with van der Waals surface area (Å²) in [4.78, 5) is 0. The van der Waals surface area contributed by atoms with E-state index in [1.165, 1.54) is 37.7 Å². The van der Waals surface area contributed by atoms with Gasteiger partial charge < -0.3 is 9.84 Å². The van der Waals surface area contributed by atoms with Gasteiger partial charge in [0.05, 0.1) is 6.10 Å². The summed E-state index contributed by atoms with van der Waals surface area (Å²) in [6, 6.07) is 18.2. The zero-order valence-corrected chi connectivity index (χ0v) is 14.8. The molecular weight excluding hydrogens is 296 g/mol. The Morgan fingerprint density at radius 1 is 0.833 bits per heavy atom. The molecular formula is C22H30O2. The number of hydrogen-bond acceptors (Lipinski definition) is 2. The maximum Gasteiger partial charge on any atom is 0.118 e. The maximum atomic E-state index is 9.78. The maximum absolute atomic E-state index is 9.78.